The maximum Gasteiger partial charge on any atom is 0.224 e. The molecule has 2 aliphatic heterocycles. The summed E-state index contributed by atoms with van der Waals surface area (Å²) in [5, 5.41) is 6.24. The van der Waals surface area contributed by atoms with Gasteiger partial charge in [0.1, 0.15) is 0 Å². The van der Waals surface area contributed by atoms with Crippen LogP contribution in [0.3, 0.4) is 0 Å². The summed E-state index contributed by atoms with van der Waals surface area (Å²) >= 11 is 0. The topological polar surface area (TPSA) is 75.3 Å². The zero-order chi connectivity index (χ0) is 13.2. The molecule has 2 saturated heterocycles. The van der Waals surface area contributed by atoms with Crippen LogP contribution >= 0.6 is 0 Å². The van der Waals surface area contributed by atoms with E-state index in [9.17, 15) is 13.2 Å². The van der Waals surface area contributed by atoms with Gasteiger partial charge in [0.25, 0.3) is 0 Å². The number of carbonyl (C=O) groups is 1. The average molecular weight is 274 g/mol. The van der Waals surface area contributed by atoms with Crippen molar-refractivity contribution in [1.82, 2.24) is 10.6 Å². The van der Waals surface area contributed by atoms with E-state index in [1.54, 1.807) is 0 Å². The number of piperidine rings is 1. The Kier molecular flexibility index (Phi) is 4.27. The fourth-order valence-corrected chi connectivity index (χ4v) is 4.45. The van der Waals surface area contributed by atoms with E-state index in [4.69, 9.17) is 0 Å². The fourth-order valence-electron chi connectivity index (χ4n) is 2.71. The van der Waals surface area contributed by atoms with E-state index in [2.05, 4.69) is 17.6 Å². The van der Waals surface area contributed by atoms with Crippen LogP contribution in [-0.4, -0.2) is 45.5 Å². The molecule has 0 radical (unpaired) electrons. The third-order valence-corrected chi connectivity index (χ3v) is 5.90. The summed E-state index contributed by atoms with van der Waals surface area (Å²) in [6.07, 6.45) is 1.62. The molecule has 0 saturated carbocycles. The van der Waals surface area contributed by atoms with Crippen molar-refractivity contribution >= 4 is 15.7 Å². The van der Waals surface area contributed by atoms with Gasteiger partial charge in [-0.05, 0) is 37.8 Å². The SMILES string of the molecule is CC1CCNCC1CNC(=O)C1CCS(=O)(=O)C1. The molecule has 2 heterocycles. The number of carbonyl (C=O) groups excluding carboxylic acids is 1. The van der Waals surface area contributed by atoms with Gasteiger partial charge in [0, 0.05) is 6.54 Å². The molecule has 2 N–H and O–H groups in total. The second-order valence-corrected chi connectivity index (χ2v) is 7.80. The Morgan fingerprint density at radius 1 is 1.39 bits per heavy atom. The van der Waals surface area contributed by atoms with Crippen molar-refractivity contribution in [2.24, 2.45) is 17.8 Å². The lowest BCUT2D eigenvalue weighted by Crippen LogP contribution is -2.43. The summed E-state index contributed by atoms with van der Waals surface area (Å²) in [5.74, 6) is 0.833. The lowest BCUT2D eigenvalue weighted by Gasteiger charge is -2.29. The molecule has 0 spiro atoms. The molecule has 2 fully saturated rings. The standard InChI is InChI=1S/C12H22N2O3S/c1-9-2-4-13-6-11(9)7-14-12(15)10-3-5-18(16,17)8-10/h9-11,13H,2-8H2,1H3,(H,14,15). The van der Waals surface area contributed by atoms with Gasteiger partial charge in [-0.1, -0.05) is 6.92 Å². The van der Waals surface area contributed by atoms with Crippen molar-refractivity contribution in [3.8, 4) is 0 Å². The summed E-state index contributed by atoms with van der Waals surface area (Å²) in [4.78, 5) is 11.9. The Hall–Kier alpha value is -0.620. The molecular weight excluding hydrogens is 252 g/mol. The van der Waals surface area contributed by atoms with Gasteiger partial charge < -0.3 is 10.6 Å². The van der Waals surface area contributed by atoms with Crippen LogP contribution in [0.25, 0.3) is 0 Å². The maximum atomic E-state index is 11.9. The normalized spacial score (nSPS) is 35.3. The first-order chi connectivity index (χ1) is 8.48. The lowest BCUT2D eigenvalue weighted by atomic mass is 9.88. The number of amides is 1. The molecule has 3 atom stereocenters. The number of nitrogens with one attached hydrogen (secondary N) is 2. The van der Waals surface area contributed by atoms with Crippen LogP contribution < -0.4 is 10.6 Å². The first-order valence-electron chi connectivity index (χ1n) is 6.67. The summed E-state index contributed by atoms with van der Waals surface area (Å²) in [6, 6.07) is 0. The van der Waals surface area contributed by atoms with Crippen LogP contribution in [-0.2, 0) is 14.6 Å². The second-order valence-electron chi connectivity index (χ2n) is 5.58. The van der Waals surface area contributed by atoms with Gasteiger partial charge in [-0.15, -0.1) is 0 Å². The third kappa shape index (κ3) is 3.45. The molecule has 0 aliphatic carbocycles. The van der Waals surface area contributed by atoms with Gasteiger partial charge >= 0.3 is 0 Å². The summed E-state index contributed by atoms with van der Waals surface area (Å²) in [7, 11) is -2.97. The minimum atomic E-state index is -2.97. The molecule has 0 bridgehead atoms. The highest BCUT2D eigenvalue weighted by Gasteiger charge is 2.33. The molecule has 2 rings (SSSR count). The minimum Gasteiger partial charge on any atom is -0.355 e. The molecular formula is C12H22N2O3S. The van der Waals surface area contributed by atoms with E-state index in [0.29, 0.717) is 24.8 Å². The zero-order valence-electron chi connectivity index (χ0n) is 10.8. The fraction of sp³-hybridized carbons (Fsp3) is 0.917. The Morgan fingerprint density at radius 2 is 2.17 bits per heavy atom. The predicted molar refractivity (Wildman–Crippen MR) is 69.9 cm³/mol. The van der Waals surface area contributed by atoms with Crippen LogP contribution in [0.5, 0.6) is 0 Å². The maximum absolute atomic E-state index is 11.9. The molecule has 0 aromatic carbocycles. The Morgan fingerprint density at radius 3 is 2.78 bits per heavy atom. The molecule has 1 amide bonds. The van der Waals surface area contributed by atoms with Crippen molar-refractivity contribution in [1.29, 1.82) is 0 Å². The van der Waals surface area contributed by atoms with E-state index >= 15 is 0 Å². The highest BCUT2D eigenvalue weighted by atomic mass is 32.2. The van der Waals surface area contributed by atoms with E-state index in [-0.39, 0.29) is 23.3 Å². The van der Waals surface area contributed by atoms with Crippen molar-refractivity contribution in [3.05, 3.63) is 0 Å². The molecule has 18 heavy (non-hydrogen) atoms. The van der Waals surface area contributed by atoms with E-state index in [1.807, 2.05) is 0 Å². The van der Waals surface area contributed by atoms with Gasteiger partial charge in [0.15, 0.2) is 9.84 Å². The van der Waals surface area contributed by atoms with Gasteiger partial charge in [-0.25, -0.2) is 8.42 Å². The summed E-state index contributed by atoms with van der Waals surface area (Å²) in [6.45, 7) is 4.85. The quantitative estimate of drug-likeness (QED) is 0.746. The molecule has 0 aromatic heterocycles. The predicted octanol–water partition coefficient (Wildman–Crippen LogP) is -0.217. The van der Waals surface area contributed by atoms with Crippen LogP contribution in [0.15, 0.2) is 0 Å². The number of hydrogen-bond acceptors (Lipinski definition) is 4. The van der Waals surface area contributed by atoms with Crippen LogP contribution in [0.2, 0.25) is 0 Å². The number of hydrogen-bond donors (Lipinski definition) is 2. The summed E-state index contributed by atoms with van der Waals surface area (Å²) in [5.41, 5.74) is 0. The van der Waals surface area contributed by atoms with Gasteiger partial charge in [-0.2, -0.15) is 0 Å². The molecule has 6 heteroatoms. The zero-order valence-corrected chi connectivity index (χ0v) is 11.6. The van der Waals surface area contributed by atoms with Crippen LogP contribution in [0.4, 0.5) is 0 Å². The van der Waals surface area contributed by atoms with E-state index in [1.165, 1.54) is 0 Å². The molecule has 2 aliphatic rings. The monoisotopic (exact) mass is 274 g/mol. The van der Waals surface area contributed by atoms with Crippen molar-refractivity contribution in [2.75, 3.05) is 31.1 Å². The molecule has 104 valence electrons. The van der Waals surface area contributed by atoms with Crippen LogP contribution in [0.1, 0.15) is 19.8 Å². The number of sulfone groups is 1. The lowest BCUT2D eigenvalue weighted by molar-refractivity contribution is -0.124. The van der Waals surface area contributed by atoms with Crippen molar-refractivity contribution in [2.45, 2.75) is 19.8 Å². The first kappa shape index (κ1) is 13.8. The van der Waals surface area contributed by atoms with Gasteiger partial charge in [0.2, 0.25) is 5.91 Å². The summed E-state index contributed by atoms with van der Waals surface area (Å²) < 4.78 is 22.6. The highest BCUT2D eigenvalue weighted by molar-refractivity contribution is 7.91. The van der Waals surface area contributed by atoms with E-state index < -0.39 is 9.84 Å². The van der Waals surface area contributed by atoms with Gasteiger partial charge in [-0.3, -0.25) is 4.79 Å². The largest absolute Gasteiger partial charge is 0.355 e. The van der Waals surface area contributed by atoms with Crippen molar-refractivity contribution in [3.63, 3.8) is 0 Å². The third-order valence-electron chi connectivity index (χ3n) is 4.13. The second kappa shape index (κ2) is 5.57. The Labute approximate surface area is 109 Å². The molecule has 0 aromatic rings. The average Bonchev–Trinajstić information content (AvgIpc) is 2.68. The number of rotatable bonds is 3. The highest BCUT2D eigenvalue weighted by Crippen LogP contribution is 2.20. The van der Waals surface area contributed by atoms with Gasteiger partial charge in [0.05, 0.1) is 17.4 Å². The first-order valence-corrected chi connectivity index (χ1v) is 8.49. The molecule has 3 unspecified atom stereocenters. The smallest absolute Gasteiger partial charge is 0.224 e. The van der Waals surface area contributed by atoms with E-state index in [0.717, 1.165) is 19.5 Å². The van der Waals surface area contributed by atoms with Crippen LogP contribution in [0, 0.1) is 17.8 Å². The molecule has 5 nitrogen and oxygen atoms in total. The van der Waals surface area contributed by atoms with Crippen molar-refractivity contribution < 1.29 is 13.2 Å². The Bertz CT molecular complexity index is 408. The minimum absolute atomic E-state index is 0.0251. The Balaban J connectivity index is 1.78.